The van der Waals surface area contributed by atoms with Gasteiger partial charge in [-0.15, -0.1) is 11.8 Å². The van der Waals surface area contributed by atoms with Crippen molar-refractivity contribution >= 4 is 99.3 Å². The fourth-order valence-corrected chi connectivity index (χ4v) is 13.1. The monoisotopic (exact) mass is 1750 g/mol. The molecule has 40 heteroatoms. The molecule has 0 bridgehead atoms. The number of carboxylic acids is 1. The lowest BCUT2D eigenvalue weighted by Crippen LogP contribution is -2.38. The summed E-state index contributed by atoms with van der Waals surface area (Å²) in [6.45, 7) is 10.2. The van der Waals surface area contributed by atoms with Gasteiger partial charge >= 0.3 is 30.0 Å². The summed E-state index contributed by atoms with van der Waals surface area (Å²) >= 11 is 1.37. The van der Waals surface area contributed by atoms with Gasteiger partial charge in [-0.1, -0.05) is 39.8 Å². The molecule has 3 aromatic heterocycles. The number of unbranched alkanes of at least 4 members (excludes halogenated alkanes) is 1. The van der Waals surface area contributed by atoms with E-state index in [1.54, 1.807) is 31.4 Å². The third kappa shape index (κ3) is 40.5. The van der Waals surface area contributed by atoms with E-state index in [0.717, 1.165) is 31.1 Å². The summed E-state index contributed by atoms with van der Waals surface area (Å²) in [5.74, 6) is -0.976. The van der Waals surface area contributed by atoms with Gasteiger partial charge < -0.3 is 122 Å². The number of esters is 3. The first-order valence-electron chi connectivity index (χ1n) is 41.4. The van der Waals surface area contributed by atoms with Crippen molar-refractivity contribution < 1.29 is 149 Å². The number of hydrogen-bond donors (Lipinski definition) is 9. The molecule has 1 saturated carbocycles. The van der Waals surface area contributed by atoms with Gasteiger partial charge in [-0.2, -0.15) is 0 Å². The SMILES string of the molecule is CCC(CO)OC(CO)OC.CCC(CO)OC(COC(=O)CCCC(=O)NCCCCOC(=O)Oc1cccc(-c2nc(N3CCOCC3)c3oc4ncccc4c3n2)c1)OC.CCC(CO)OC(COC(=O)CCCC(=O)NCCSC1CC(=O)N(CC2CCC(C(=O)NC)CC2)C1=O)OC.CCC(CO)OC(COC(=O)CCCC(=O)O)OC. The summed E-state index contributed by atoms with van der Waals surface area (Å²) < 4.78 is 78.9. The number of carbonyl (C=O) groups excluding carboxylic acids is 9. The summed E-state index contributed by atoms with van der Waals surface area (Å²) in [6, 6.07) is 10.6. The van der Waals surface area contributed by atoms with Crippen molar-refractivity contribution in [1.82, 2.24) is 35.8 Å². The summed E-state index contributed by atoms with van der Waals surface area (Å²) in [4.78, 5) is 137. The van der Waals surface area contributed by atoms with E-state index in [4.69, 9.17) is 101 Å². The lowest BCUT2D eigenvalue weighted by molar-refractivity contribution is -0.194. The van der Waals surface area contributed by atoms with Crippen molar-refractivity contribution in [1.29, 1.82) is 0 Å². The predicted molar refractivity (Wildman–Crippen MR) is 441 cm³/mol. The van der Waals surface area contributed by atoms with Crippen LogP contribution >= 0.6 is 11.8 Å². The molecule has 0 radical (unpaired) electrons. The Morgan fingerprint density at radius 3 is 1.61 bits per heavy atom. The average Bonchev–Trinajstić information content (AvgIpc) is 1.59. The van der Waals surface area contributed by atoms with E-state index in [-0.39, 0.29) is 170 Å². The lowest BCUT2D eigenvalue weighted by Gasteiger charge is -2.29. The predicted octanol–water partition coefficient (Wildman–Crippen LogP) is 5.43. The molecule has 9 unspecified atom stereocenters. The Morgan fingerprint density at radius 1 is 0.598 bits per heavy atom. The minimum atomic E-state index is -0.945. The number of imide groups is 1. The largest absolute Gasteiger partial charge is 0.513 e. The molecule has 1 aliphatic carbocycles. The number of carboxylic acid groups (broad SMARTS) is 1. The number of thioether (sulfide) groups is 1. The van der Waals surface area contributed by atoms with Gasteiger partial charge in [0.2, 0.25) is 35.2 Å². The maximum Gasteiger partial charge on any atom is 0.513 e. The summed E-state index contributed by atoms with van der Waals surface area (Å²) in [7, 11) is 7.34. The topological polar surface area (TPSA) is 516 Å². The number of methoxy groups -OCH3 is 4. The molecule has 1 aromatic carbocycles. The van der Waals surface area contributed by atoms with Crippen LogP contribution in [0.1, 0.15) is 156 Å². The molecular weight excluding hydrogens is 1620 g/mol. The number of nitrogens with zero attached hydrogens (tertiary/aromatic N) is 5. The zero-order valence-electron chi connectivity index (χ0n) is 71.6. The van der Waals surface area contributed by atoms with E-state index in [2.05, 4.69) is 25.8 Å². The number of nitrogens with one attached hydrogen (secondary N) is 3. The van der Waals surface area contributed by atoms with Gasteiger partial charge in [-0.25, -0.2) is 19.7 Å². The highest BCUT2D eigenvalue weighted by atomic mass is 32.2. The number of furan rings is 1. The number of morpholine rings is 1. The standard InChI is InChI=1S/C36H45N5O11.C27H45N3O9S.C12H22O7.C7H16O4/c1-3-25(22-42)50-30(46-2)23-49-29(44)13-7-12-28(43)37-14-4-5-18-48-36(45)51-26-10-6-9-24(21-26)33-39-31-27-11-8-15-38-35(27)52-32(31)34(40-33)41-16-19-47-20-17-41;1-4-20(16-31)39-25(37-3)17-38-24(34)7-5-6-22(32)29-12-13-40-21-14-23(33)30(27(21)36)15-18-8-10-19(11-9-18)26(35)28-2;1-3-9(7-13)19-12(17-2)8-18-11(16)6-4-5-10(14)15;1-3-6(4-8)11-7(5-9)10-2/h6,8-11,15,21,25,30,42H,3-5,7,12-14,16-20,22-23H2,1-2H3,(H,37,43);18-21,25,31H,4-17H2,1-3H3,(H,28,35)(H,29,32);9,12-13H,3-8H2,1-2H3,(H,14,15);6-9H,3-5H2,1-2H3. The van der Waals surface area contributed by atoms with Crippen LogP contribution in [-0.2, 0) is 105 Å². The Bertz CT molecular complexity index is 3690. The molecule has 2 saturated heterocycles. The number of likely N-dealkylation sites (tertiary alicyclic amines) is 1. The Kier molecular flexibility index (Phi) is 53.6. The first-order chi connectivity index (χ1) is 58.9. The highest BCUT2D eigenvalue weighted by Gasteiger charge is 2.41. The van der Waals surface area contributed by atoms with Crippen LogP contribution < -0.4 is 25.6 Å². The van der Waals surface area contributed by atoms with Crippen LogP contribution in [0.4, 0.5) is 10.6 Å². The molecule has 5 amide bonds. The number of pyridine rings is 1. The first-order valence-corrected chi connectivity index (χ1v) is 42.5. The number of aliphatic hydroxyl groups excluding tert-OH is 5. The molecule has 2 aliphatic heterocycles. The minimum Gasteiger partial charge on any atom is -0.481 e. The molecule has 122 heavy (non-hydrogen) atoms. The molecule has 3 aliphatic rings. The number of aromatic nitrogens is 3. The van der Waals surface area contributed by atoms with Gasteiger partial charge in [0.1, 0.15) is 31.1 Å². The number of benzene rings is 1. The van der Waals surface area contributed by atoms with Crippen molar-refractivity contribution in [3.63, 3.8) is 0 Å². The van der Waals surface area contributed by atoms with Crippen molar-refractivity contribution in [2.24, 2.45) is 11.8 Å². The van der Waals surface area contributed by atoms with E-state index in [9.17, 15) is 58.2 Å². The Labute approximate surface area is 715 Å². The number of carbonyl (C=O) groups is 10. The molecule has 688 valence electrons. The second-order valence-corrected chi connectivity index (χ2v) is 29.5. The number of fused-ring (bicyclic) bond motifs is 3. The number of hydrogen-bond acceptors (Lipinski definition) is 35. The van der Waals surface area contributed by atoms with Crippen LogP contribution in [0.5, 0.6) is 5.75 Å². The second kappa shape index (κ2) is 61.8. The van der Waals surface area contributed by atoms with E-state index in [0.29, 0.717) is 137 Å². The molecule has 3 fully saturated rings. The fourth-order valence-electron chi connectivity index (χ4n) is 12.1. The maximum absolute atomic E-state index is 12.8. The van der Waals surface area contributed by atoms with Crippen LogP contribution in [0.2, 0.25) is 0 Å². The molecule has 0 spiro atoms. The van der Waals surface area contributed by atoms with E-state index < -0.39 is 72.7 Å². The van der Waals surface area contributed by atoms with Gasteiger partial charge in [0.05, 0.1) is 87.9 Å². The summed E-state index contributed by atoms with van der Waals surface area (Å²) in [6.07, 6.45) is 4.73. The van der Waals surface area contributed by atoms with Gasteiger partial charge in [-0.3, -0.25) is 48.1 Å². The molecule has 39 nitrogen and oxygen atoms in total. The van der Waals surface area contributed by atoms with Crippen molar-refractivity contribution in [2.45, 2.75) is 211 Å². The average molecular weight is 1750 g/mol. The lowest BCUT2D eigenvalue weighted by atomic mass is 9.81. The van der Waals surface area contributed by atoms with Crippen LogP contribution in [0.25, 0.3) is 33.6 Å². The number of ether oxygens (including phenoxy) is 14. The zero-order chi connectivity index (χ0) is 89.6. The molecular formula is C82H128N8O31S. The third-order valence-electron chi connectivity index (χ3n) is 19.3. The minimum absolute atomic E-state index is 0.0129. The molecule has 9 atom stereocenters. The third-order valence-corrected chi connectivity index (χ3v) is 20.5. The van der Waals surface area contributed by atoms with Gasteiger partial charge in [0, 0.05) is 137 Å². The number of rotatable bonds is 54. The number of amides is 5. The van der Waals surface area contributed by atoms with Crippen LogP contribution in [-0.4, -0.2) is 312 Å². The maximum atomic E-state index is 12.8. The van der Waals surface area contributed by atoms with E-state index in [1.807, 2.05) is 45.9 Å². The number of anilines is 1. The summed E-state index contributed by atoms with van der Waals surface area (Å²) in [5, 5.41) is 61.7. The number of aliphatic carboxylic acids is 1. The Hall–Kier alpha value is -8.46. The van der Waals surface area contributed by atoms with Gasteiger partial charge in [0.15, 0.2) is 42.4 Å². The highest BCUT2D eigenvalue weighted by Crippen LogP contribution is 2.36. The van der Waals surface area contributed by atoms with Crippen molar-refractivity contribution in [2.75, 3.05) is 152 Å². The highest BCUT2D eigenvalue weighted by molar-refractivity contribution is 8.00. The Morgan fingerprint density at radius 2 is 1.11 bits per heavy atom. The normalized spacial score (nSPS) is 17.1. The van der Waals surface area contributed by atoms with Crippen LogP contribution in [0.3, 0.4) is 0 Å². The van der Waals surface area contributed by atoms with Crippen molar-refractivity contribution in [3.8, 4) is 17.1 Å². The molecule has 7 rings (SSSR count). The van der Waals surface area contributed by atoms with E-state index in [1.165, 1.54) is 45.1 Å². The quantitative estimate of drug-likeness (QED) is 0.00664. The molecule has 5 heterocycles. The summed E-state index contributed by atoms with van der Waals surface area (Å²) in [5.41, 5.74) is 2.30. The van der Waals surface area contributed by atoms with Gasteiger partial charge in [-0.05, 0) is 114 Å². The van der Waals surface area contributed by atoms with Crippen molar-refractivity contribution in [3.05, 3.63) is 42.6 Å². The first kappa shape index (κ1) is 106. The van der Waals surface area contributed by atoms with Gasteiger partial charge in [0.25, 0.3) is 0 Å². The number of aliphatic hydroxyl groups is 5. The smallest absolute Gasteiger partial charge is 0.481 e. The fraction of sp³-hybridized carbons (Fsp3) is 0.695. The molecule has 9 N–H and O–H groups in total. The van der Waals surface area contributed by atoms with Crippen LogP contribution in [0.15, 0.2) is 47.0 Å². The zero-order valence-corrected chi connectivity index (χ0v) is 72.4. The van der Waals surface area contributed by atoms with Crippen LogP contribution in [0, 0.1) is 11.8 Å². The van der Waals surface area contributed by atoms with E-state index >= 15 is 0 Å². The molecule has 4 aromatic rings. The second-order valence-electron chi connectivity index (χ2n) is 28.2. The Balaban J connectivity index is 0.000000391.